The van der Waals surface area contributed by atoms with Gasteiger partial charge in [-0.05, 0) is 42.0 Å². The molecule has 2 fully saturated rings. The second-order valence-electron chi connectivity index (χ2n) is 6.64. The predicted molar refractivity (Wildman–Crippen MR) is 81.6 cm³/mol. The topological polar surface area (TPSA) is 30.3 Å². The number of aromatic nitrogens is 2. The van der Waals surface area contributed by atoms with Crippen LogP contribution in [-0.2, 0) is 6.54 Å². The van der Waals surface area contributed by atoms with E-state index in [0.29, 0.717) is 5.41 Å². The van der Waals surface area contributed by atoms with Gasteiger partial charge in [-0.3, -0.25) is 4.90 Å². The molecule has 1 aromatic heterocycles. The summed E-state index contributed by atoms with van der Waals surface area (Å²) in [6.07, 6.45) is 5.34. The van der Waals surface area contributed by atoms with Crippen molar-refractivity contribution in [2.45, 2.75) is 19.9 Å². The van der Waals surface area contributed by atoms with E-state index in [0.717, 1.165) is 29.7 Å². The van der Waals surface area contributed by atoms with Crippen molar-refractivity contribution < 1.29 is 4.74 Å². The number of benzene rings is 1. The van der Waals surface area contributed by atoms with Crippen LogP contribution in [0.5, 0.6) is 5.75 Å². The Morgan fingerprint density at radius 2 is 2.14 bits per heavy atom. The van der Waals surface area contributed by atoms with Gasteiger partial charge in [0.1, 0.15) is 11.6 Å². The molecule has 2 heterocycles. The van der Waals surface area contributed by atoms with E-state index in [1.54, 1.807) is 7.11 Å². The van der Waals surface area contributed by atoms with Gasteiger partial charge in [0.15, 0.2) is 0 Å². The predicted octanol–water partition coefficient (Wildman–Crippen LogP) is 2.72. The van der Waals surface area contributed by atoms with Gasteiger partial charge in [-0.15, -0.1) is 0 Å². The first-order chi connectivity index (χ1) is 10.2. The van der Waals surface area contributed by atoms with Crippen LogP contribution in [0.25, 0.3) is 5.69 Å². The van der Waals surface area contributed by atoms with Crippen molar-refractivity contribution in [2.24, 2.45) is 11.3 Å². The maximum atomic E-state index is 5.22. The second kappa shape index (κ2) is 4.60. The van der Waals surface area contributed by atoms with Crippen LogP contribution in [0.3, 0.4) is 0 Å². The summed E-state index contributed by atoms with van der Waals surface area (Å²) in [6, 6.07) is 8.13. The molecule has 2 aliphatic rings. The van der Waals surface area contributed by atoms with Crippen LogP contribution in [-0.4, -0.2) is 34.7 Å². The van der Waals surface area contributed by atoms with Crippen LogP contribution in [0.1, 0.15) is 19.2 Å². The van der Waals surface area contributed by atoms with Gasteiger partial charge in [-0.1, -0.05) is 6.92 Å². The lowest BCUT2D eigenvalue weighted by Gasteiger charge is -2.19. The molecule has 0 spiro atoms. The minimum Gasteiger partial charge on any atom is -0.497 e. The lowest BCUT2D eigenvalue weighted by molar-refractivity contribution is 0.270. The summed E-state index contributed by atoms with van der Waals surface area (Å²) in [7, 11) is 1.69. The monoisotopic (exact) mass is 283 g/mol. The highest BCUT2D eigenvalue weighted by Crippen LogP contribution is 2.57. The number of methoxy groups -OCH3 is 1. The number of rotatable bonds is 4. The molecule has 2 atom stereocenters. The molecule has 1 saturated carbocycles. The van der Waals surface area contributed by atoms with Gasteiger partial charge >= 0.3 is 0 Å². The molecule has 4 nitrogen and oxygen atoms in total. The molecule has 1 saturated heterocycles. The second-order valence-corrected chi connectivity index (χ2v) is 6.64. The Bertz CT molecular complexity index is 648. The Kier molecular flexibility index (Phi) is 2.82. The van der Waals surface area contributed by atoms with Crippen LogP contribution < -0.4 is 4.74 Å². The van der Waals surface area contributed by atoms with Gasteiger partial charge in [0, 0.05) is 31.2 Å². The highest BCUT2D eigenvalue weighted by molar-refractivity contribution is 5.38. The number of piperidine rings is 1. The Balaban J connectivity index is 1.53. The summed E-state index contributed by atoms with van der Waals surface area (Å²) in [5.41, 5.74) is 1.73. The molecule has 0 radical (unpaired) electrons. The number of hydrogen-bond donors (Lipinski definition) is 0. The fraction of sp³-hybridized carbons (Fsp3) is 0.471. The number of nitrogens with zero attached hydrogens (tertiary/aromatic N) is 3. The van der Waals surface area contributed by atoms with Gasteiger partial charge < -0.3 is 9.30 Å². The molecule has 2 aromatic rings. The van der Waals surface area contributed by atoms with Gasteiger partial charge in [0.2, 0.25) is 0 Å². The summed E-state index contributed by atoms with van der Waals surface area (Å²) in [5, 5.41) is 0. The van der Waals surface area contributed by atoms with Crippen LogP contribution in [0, 0.1) is 11.3 Å². The van der Waals surface area contributed by atoms with E-state index >= 15 is 0 Å². The molecule has 0 amide bonds. The minimum atomic E-state index is 0.595. The first-order valence-electron chi connectivity index (χ1n) is 7.57. The van der Waals surface area contributed by atoms with E-state index in [4.69, 9.17) is 4.74 Å². The first-order valence-corrected chi connectivity index (χ1v) is 7.57. The Morgan fingerprint density at radius 1 is 1.33 bits per heavy atom. The summed E-state index contributed by atoms with van der Waals surface area (Å²) in [4.78, 5) is 7.09. The van der Waals surface area contributed by atoms with E-state index in [2.05, 4.69) is 33.5 Å². The highest BCUT2D eigenvalue weighted by Gasteiger charge is 2.55. The van der Waals surface area contributed by atoms with Gasteiger partial charge in [0.25, 0.3) is 0 Å². The molecule has 1 aromatic carbocycles. The van der Waals surface area contributed by atoms with Gasteiger partial charge in [0.05, 0.1) is 13.7 Å². The summed E-state index contributed by atoms with van der Waals surface area (Å²) in [5.74, 6) is 2.92. The number of hydrogen-bond acceptors (Lipinski definition) is 3. The van der Waals surface area contributed by atoms with Gasteiger partial charge in [-0.2, -0.15) is 0 Å². The normalized spacial score (nSPS) is 27.6. The van der Waals surface area contributed by atoms with Crippen molar-refractivity contribution in [3.05, 3.63) is 42.5 Å². The van der Waals surface area contributed by atoms with Crippen molar-refractivity contribution in [1.82, 2.24) is 14.5 Å². The maximum Gasteiger partial charge on any atom is 0.127 e. The standard InChI is InChI=1S/C17H21N3O/c1-17-9-13(17)10-19(12-17)11-16-18-7-8-20(16)14-3-5-15(21-2)6-4-14/h3-8,13H,9-12H2,1-2H3. The summed E-state index contributed by atoms with van der Waals surface area (Å²) >= 11 is 0. The molecule has 0 bridgehead atoms. The molecule has 110 valence electrons. The number of ether oxygens (including phenoxy) is 1. The number of likely N-dealkylation sites (tertiary alicyclic amines) is 1. The van der Waals surface area contributed by atoms with Crippen LogP contribution >= 0.6 is 0 Å². The molecule has 4 heteroatoms. The zero-order valence-corrected chi connectivity index (χ0v) is 12.6. The van der Waals surface area contributed by atoms with Crippen molar-refractivity contribution in [2.75, 3.05) is 20.2 Å². The fourth-order valence-corrected chi connectivity index (χ4v) is 3.62. The SMILES string of the molecule is COc1ccc(-n2ccnc2CN2CC3CC3(C)C2)cc1. The van der Waals surface area contributed by atoms with Crippen LogP contribution in [0.2, 0.25) is 0 Å². The van der Waals surface area contributed by atoms with Crippen LogP contribution in [0.15, 0.2) is 36.7 Å². The van der Waals surface area contributed by atoms with E-state index in [1.807, 2.05) is 24.5 Å². The molecule has 21 heavy (non-hydrogen) atoms. The molecule has 4 rings (SSSR count). The lowest BCUT2D eigenvalue weighted by atomic mass is 10.1. The maximum absolute atomic E-state index is 5.22. The third-order valence-corrected chi connectivity index (χ3v) is 5.03. The van der Waals surface area contributed by atoms with E-state index in [9.17, 15) is 0 Å². The zero-order valence-electron chi connectivity index (χ0n) is 12.6. The molecule has 0 N–H and O–H groups in total. The quantitative estimate of drug-likeness (QED) is 0.864. The summed E-state index contributed by atoms with van der Waals surface area (Å²) < 4.78 is 7.39. The average Bonchev–Trinajstić information content (AvgIpc) is 2.85. The Hall–Kier alpha value is -1.81. The van der Waals surface area contributed by atoms with Crippen molar-refractivity contribution >= 4 is 0 Å². The third-order valence-electron chi connectivity index (χ3n) is 5.03. The van der Waals surface area contributed by atoms with Crippen molar-refractivity contribution in [1.29, 1.82) is 0 Å². The van der Waals surface area contributed by atoms with Gasteiger partial charge in [-0.25, -0.2) is 4.98 Å². The summed E-state index contributed by atoms with van der Waals surface area (Å²) in [6.45, 7) is 5.79. The first kappa shape index (κ1) is 12.9. The molecule has 1 aliphatic carbocycles. The minimum absolute atomic E-state index is 0.595. The van der Waals surface area contributed by atoms with Crippen molar-refractivity contribution in [3.63, 3.8) is 0 Å². The largest absolute Gasteiger partial charge is 0.497 e. The average molecular weight is 283 g/mol. The van der Waals surface area contributed by atoms with Crippen LogP contribution in [0.4, 0.5) is 0 Å². The smallest absolute Gasteiger partial charge is 0.127 e. The highest BCUT2D eigenvalue weighted by atomic mass is 16.5. The zero-order chi connectivity index (χ0) is 14.4. The number of imidazole rings is 1. The van der Waals surface area contributed by atoms with E-state index in [-0.39, 0.29) is 0 Å². The molecular weight excluding hydrogens is 262 g/mol. The van der Waals surface area contributed by atoms with Crippen molar-refractivity contribution in [3.8, 4) is 11.4 Å². The Morgan fingerprint density at radius 3 is 2.81 bits per heavy atom. The van der Waals surface area contributed by atoms with E-state index in [1.165, 1.54) is 19.5 Å². The van der Waals surface area contributed by atoms with E-state index < -0.39 is 0 Å². The molecular formula is C17H21N3O. The number of fused-ring (bicyclic) bond motifs is 1. The molecule has 1 aliphatic heterocycles. The third kappa shape index (κ3) is 2.23. The Labute approximate surface area is 125 Å². The lowest BCUT2D eigenvalue weighted by Crippen LogP contribution is -2.25. The fourth-order valence-electron chi connectivity index (χ4n) is 3.62. The molecule has 2 unspecified atom stereocenters.